The van der Waals surface area contributed by atoms with Gasteiger partial charge in [0.15, 0.2) is 0 Å². The normalized spacial score (nSPS) is 12.1. The maximum atomic E-state index is 9.69. The minimum Gasteiger partial charge on any atom is -0.459 e. The fourth-order valence-corrected chi connectivity index (χ4v) is 1.21. The van der Waals surface area contributed by atoms with Gasteiger partial charge in [-0.15, -0.1) is 0 Å². The van der Waals surface area contributed by atoms with Crippen molar-refractivity contribution in [1.29, 1.82) is 0 Å². The van der Waals surface area contributed by atoms with Crippen LogP contribution in [-0.4, -0.2) is 10.1 Å². The first-order chi connectivity index (χ1) is 7.36. The summed E-state index contributed by atoms with van der Waals surface area (Å²) in [6.45, 7) is 0. The second-order valence-electron chi connectivity index (χ2n) is 3.04. The van der Waals surface area contributed by atoms with Crippen LogP contribution in [-0.2, 0) is 0 Å². The van der Waals surface area contributed by atoms with E-state index in [1.165, 1.54) is 0 Å². The van der Waals surface area contributed by atoms with Crippen molar-refractivity contribution in [3.8, 4) is 5.75 Å². The van der Waals surface area contributed by atoms with E-state index in [1.807, 2.05) is 18.2 Å². The molecule has 15 heavy (non-hydrogen) atoms. The van der Waals surface area contributed by atoms with Crippen LogP contribution in [0.4, 0.5) is 0 Å². The Morgan fingerprint density at radius 3 is 2.40 bits per heavy atom. The fraction of sp³-hybridized carbons (Fsp3) is 0.0833. The quantitative estimate of drug-likeness (QED) is 0.774. The summed E-state index contributed by atoms with van der Waals surface area (Å²) in [7, 11) is 0. The summed E-state index contributed by atoms with van der Waals surface area (Å²) >= 11 is 0. The highest BCUT2D eigenvalue weighted by Gasteiger charge is 2.08. The van der Waals surface area contributed by atoms with E-state index in [4.69, 9.17) is 4.74 Å². The number of para-hydroxylation sites is 1. The largest absolute Gasteiger partial charge is 0.459 e. The van der Waals surface area contributed by atoms with E-state index in [0.717, 1.165) is 0 Å². The van der Waals surface area contributed by atoms with E-state index in [1.54, 1.807) is 36.5 Å². The predicted molar refractivity (Wildman–Crippen MR) is 56.3 cm³/mol. The summed E-state index contributed by atoms with van der Waals surface area (Å²) in [6.07, 6.45) is 0.598. The van der Waals surface area contributed by atoms with Crippen LogP contribution in [0.3, 0.4) is 0 Å². The number of aliphatic hydroxyl groups excluding tert-OH is 1. The molecule has 76 valence electrons. The third kappa shape index (κ3) is 2.54. The molecule has 1 unspecified atom stereocenters. The van der Waals surface area contributed by atoms with Crippen LogP contribution < -0.4 is 4.74 Å². The number of nitrogens with zero attached hydrogens (tertiary/aromatic N) is 1. The molecular weight excluding hydrogens is 190 g/mol. The molecule has 0 aliphatic carbocycles. The molecule has 1 heterocycles. The molecule has 0 bridgehead atoms. The van der Waals surface area contributed by atoms with Crippen LogP contribution >= 0.6 is 0 Å². The zero-order valence-corrected chi connectivity index (χ0v) is 8.08. The lowest BCUT2D eigenvalue weighted by molar-refractivity contribution is -0.0228. The number of benzene rings is 1. The molecule has 0 aliphatic rings. The minimum atomic E-state index is -1.02. The van der Waals surface area contributed by atoms with Gasteiger partial charge in [0.1, 0.15) is 11.4 Å². The van der Waals surface area contributed by atoms with Crippen molar-refractivity contribution in [2.45, 2.75) is 6.29 Å². The summed E-state index contributed by atoms with van der Waals surface area (Å²) in [5.41, 5.74) is 0.501. The molecule has 1 atom stereocenters. The Hall–Kier alpha value is -1.87. The standard InChI is InChI=1S/C12H11NO2/c14-12(11-8-4-5-9-13-11)15-10-6-2-1-3-7-10/h1-9,12,14H. The number of aromatic nitrogens is 1. The summed E-state index contributed by atoms with van der Waals surface area (Å²) in [5.74, 6) is 0.621. The summed E-state index contributed by atoms with van der Waals surface area (Å²) in [4.78, 5) is 4.00. The third-order valence-corrected chi connectivity index (χ3v) is 1.93. The second-order valence-corrected chi connectivity index (χ2v) is 3.04. The molecule has 2 rings (SSSR count). The van der Waals surface area contributed by atoms with Gasteiger partial charge in [-0.3, -0.25) is 4.98 Å². The van der Waals surface area contributed by atoms with E-state index in [0.29, 0.717) is 11.4 Å². The highest BCUT2D eigenvalue weighted by atomic mass is 16.6. The van der Waals surface area contributed by atoms with E-state index in [9.17, 15) is 5.11 Å². The van der Waals surface area contributed by atoms with Crippen LogP contribution in [0, 0.1) is 0 Å². The van der Waals surface area contributed by atoms with E-state index in [2.05, 4.69) is 4.98 Å². The molecule has 3 nitrogen and oxygen atoms in total. The Morgan fingerprint density at radius 1 is 1.00 bits per heavy atom. The van der Waals surface area contributed by atoms with Crippen molar-refractivity contribution in [3.05, 3.63) is 60.4 Å². The molecule has 1 N–H and O–H groups in total. The molecule has 0 aliphatic heterocycles. The van der Waals surface area contributed by atoms with Crippen LogP contribution in [0.5, 0.6) is 5.75 Å². The Balaban J connectivity index is 2.08. The first kappa shape index (κ1) is 9.68. The molecule has 2 aromatic rings. The van der Waals surface area contributed by atoms with Crippen molar-refractivity contribution in [2.24, 2.45) is 0 Å². The highest BCUT2D eigenvalue weighted by Crippen LogP contribution is 2.17. The number of hydrogen-bond acceptors (Lipinski definition) is 3. The first-order valence-corrected chi connectivity index (χ1v) is 4.67. The topological polar surface area (TPSA) is 42.4 Å². The lowest BCUT2D eigenvalue weighted by atomic mass is 10.3. The van der Waals surface area contributed by atoms with Gasteiger partial charge in [-0.1, -0.05) is 24.3 Å². The van der Waals surface area contributed by atoms with Gasteiger partial charge >= 0.3 is 0 Å². The van der Waals surface area contributed by atoms with Crippen molar-refractivity contribution in [3.63, 3.8) is 0 Å². The molecule has 0 saturated heterocycles. The molecule has 1 aromatic carbocycles. The van der Waals surface area contributed by atoms with Crippen LogP contribution in [0.15, 0.2) is 54.7 Å². The molecule has 3 heteroatoms. The van der Waals surface area contributed by atoms with Crippen LogP contribution in [0.2, 0.25) is 0 Å². The highest BCUT2D eigenvalue weighted by molar-refractivity contribution is 5.21. The average molecular weight is 201 g/mol. The monoisotopic (exact) mass is 201 g/mol. The Kier molecular flexibility index (Phi) is 2.95. The van der Waals surface area contributed by atoms with Crippen LogP contribution in [0.1, 0.15) is 12.0 Å². The second kappa shape index (κ2) is 4.57. The number of aliphatic hydroxyl groups is 1. The summed E-state index contributed by atoms with van der Waals surface area (Å²) in [6, 6.07) is 14.5. The molecule has 0 spiro atoms. The maximum absolute atomic E-state index is 9.69. The van der Waals surface area contributed by atoms with Gasteiger partial charge in [0.05, 0.1) is 0 Å². The van der Waals surface area contributed by atoms with E-state index < -0.39 is 6.29 Å². The zero-order chi connectivity index (χ0) is 10.5. The Morgan fingerprint density at radius 2 is 1.73 bits per heavy atom. The van der Waals surface area contributed by atoms with Gasteiger partial charge in [0, 0.05) is 6.20 Å². The van der Waals surface area contributed by atoms with Gasteiger partial charge in [-0.2, -0.15) is 0 Å². The van der Waals surface area contributed by atoms with Crippen molar-refractivity contribution >= 4 is 0 Å². The number of pyridine rings is 1. The lowest BCUT2D eigenvalue weighted by Gasteiger charge is -2.12. The number of ether oxygens (including phenoxy) is 1. The van der Waals surface area contributed by atoms with Crippen molar-refractivity contribution in [2.75, 3.05) is 0 Å². The predicted octanol–water partition coefficient (Wildman–Crippen LogP) is 2.15. The smallest absolute Gasteiger partial charge is 0.241 e. The molecular formula is C12H11NO2. The maximum Gasteiger partial charge on any atom is 0.241 e. The fourth-order valence-electron chi connectivity index (χ4n) is 1.21. The van der Waals surface area contributed by atoms with Crippen molar-refractivity contribution in [1.82, 2.24) is 4.98 Å². The van der Waals surface area contributed by atoms with Gasteiger partial charge < -0.3 is 9.84 Å². The minimum absolute atomic E-state index is 0.501. The van der Waals surface area contributed by atoms with E-state index >= 15 is 0 Å². The average Bonchev–Trinajstić information content (AvgIpc) is 2.31. The van der Waals surface area contributed by atoms with Crippen LogP contribution in [0.25, 0.3) is 0 Å². The first-order valence-electron chi connectivity index (χ1n) is 4.67. The molecule has 1 aromatic heterocycles. The molecule has 0 saturated carbocycles. The Bertz CT molecular complexity index is 402. The van der Waals surface area contributed by atoms with E-state index in [-0.39, 0.29) is 0 Å². The van der Waals surface area contributed by atoms with Gasteiger partial charge in [-0.25, -0.2) is 0 Å². The van der Waals surface area contributed by atoms with Crippen molar-refractivity contribution < 1.29 is 9.84 Å². The van der Waals surface area contributed by atoms with Gasteiger partial charge in [0.25, 0.3) is 0 Å². The molecule has 0 amide bonds. The SMILES string of the molecule is OC(Oc1ccccc1)c1ccccn1. The molecule has 0 fully saturated rings. The number of hydrogen-bond donors (Lipinski definition) is 1. The molecule has 0 radical (unpaired) electrons. The number of rotatable bonds is 3. The summed E-state index contributed by atoms with van der Waals surface area (Å²) in [5, 5.41) is 9.69. The zero-order valence-electron chi connectivity index (χ0n) is 8.08. The Labute approximate surface area is 88.0 Å². The van der Waals surface area contributed by atoms with Gasteiger partial charge in [-0.05, 0) is 24.3 Å². The van der Waals surface area contributed by atoms with Gasteiger partial charge in [0.2, 0.25) is 6.29 Å². The third-order valence-electron chi connectivity index (χ3n) is 1.93. The summed E-state index contributed by atoms with van der Waals surface area (Å²) < 4.78 is 5.29. The lowest BCUT2D eigenvalue weighted by Crippen LogP contribution is -2.07.